The van der Waals surface area contributed by atoms with Crippen LogP contribution in [0, 0.1) is 5.41 Å². The molecule has 0 aromatic rings. The number of hydrogen-bond donors (Lipinski definition) is 1. The molecule has 0 fully saturated rings. The zero-order valence-electron chi connectivity index (χ0n) is 8.32. The van der Waals surface area contributed by atoms with Gasteiger partial charge in [0.25, 0.3) is 0 Å². The third-order valence-corrected chi connectivity index (χ3v) is 2.01. The first-order valence-corrected chi connectivity index (χ1v) is 4.37. The van der Waals surface area contributed by atoms with Crippen molar-refractivity contribution in [3.63, 3.8) is 0 Å². The molecule has 0 aliphatic carbocycles. The molecule has 1 N–H and O–H groups in total. The molecule has 1 heterocycles. The number of nitrogens with one attached hydrogen (secondary N) is 1. The lowest BCUT2D eigenvalue weighted by molar-refractivity contribution is -0.114. The van der Waals surface area contributed by atoms with E-state index in [4.69, 9.17) is 0 Å². The number of Topliss-reactive ketones (excluding diaryl/α,β-unsaturated/α-hetero) is 1. The molecule has 0 atom stereocenters. The van der Waals surface area contributed by atoms with Crippen molar-refractivity contribution in [1.29, 1.82) is 0 Å². The van der Waals surface area contributed by atoms with Crippen molar-refractivity contribution < 1.29 is 4.79 Å². The van der Waals surface area contributed by atoms with Gasteiger partial charge in [0.15, 0.2) is 5.78 Å². The van der Waals surface area contributed by atoms with Gasteiger partial charge in [-0.2, -0.15) is 0 Å². The SMILES string of the molecule is CC1=C(CC(C)(C)C)C(=O)CN1. The second-order valence-electron chi connectivity index (χ2n) is 4.62. The highest BCUT2D eigenvalue weighted by Gasteiger charge is 2.24. The summed E-state index contributed by atoms with van der Waals surface area (Å²) in [6.45, 7) is 8.93. The van der Waals surface area contributed by atoms with E-state index in [1.54, 1.807) is 0 Å². The zero-order chi connectivity index (χ0) is 9.35. The fourth-order valence-electron chi connectivity index (χ4n) is 1.40. The molecule has 1 aliphatic rings. The predicted octanol–water partition coefficient (Wildman–Crippen LogP) is 1.87. The Bertz CT molecular complexity index is 233. The second kappa shape index (κ2) is 2.92. The van der Waals surface area contributed by atoms with Crippen LogP contribution in [0.1, 0.15) is 34.1 Å². The molecule has 1 rings (SSSR count). The van der Waals surface area contributed by atoms with Crippen LogP contribution in [0.3, 0.4) is 0 Å². The first-order chi connectivity index (χ1) is 5.40. The molecule has 0 radical (unpaired) electrons. The average Bonchev–Trinajstić information content (AvgIpc) is 2.16. The van der Waals surface area contributed by atoms with Gasteiger partial charge in [0.2, 0.25) is 0 Å². The Morgan fingerprint density at radius 3 is 2.33 bits per heavy atom. The maximum atomic E-state index is 11.3. The highest BCUT2D eigenvalue weighted by molar-refractivity contribution is 5.99. The molecule has 0 aromatic heterocycles. The van der Waals surface area contributed by atoms with Crippen LogP contribution < -0.4 is 5.32 Å². The maximum Gasteiger partial charge on any atom is 0.179 e. The van der Waals surface area contributed by atoms with E-state index in [1.807, 2.05) is 6.92 Å². The van der Waals surface area contributed by atoms with Crippen molar-refractivity contribution in [3.8, 4) is 0 Å². The number of rotatable bonds is 1. The lowest BCUT2D eigenvalue weighted by atomic mass is 9.86. The van der Waals surface area contributed by atoms with Gasteiger partial charge in [-0.1, -0.05) is 20.8 Å². The predicted molar refractivity (Wildman–Crippen MR) is 49.8 cm³/mol. The zero-order valence-corrected chi connectivity index (χ0v) is 8.32. The molecule has 2 nitrogen and oxygen atoms in total. The molecule has 0 saturated heterocycles. The topological polar surface area (TPSA) is 29.1 Å². The molecular formula is C10H17NO. The molecule has 0 amide bonds. The van der Waals surface area contributed by atoms with Crippen LogP contribution >= 0.6 is 0 Å². The fourth-order valence-corrected chi connectivity index (χ4v) is 1.40. The highest BCUT2D eigenvalue weighted by atomic mass is 16.1. The minimum absolute atomic E-state index is 0.207. The fraction of sp³-hybridized carbons (Fsp3) is 0.700. The normalized spacial score (nSPS) is 18.5. The van der Waals surface area contributed by atoms with Gasteiger partial charge in [-0.3, -0.25) is 4.79 Å². The molecule has 0 bridgehead atoms. The lowest BCUT2D eigenvalue weighted by Gasteiger charge is -2.18. The maximum absolute atomic E-state index is 11.3. The van der Waals surface area contributed by atoms with E-state index in [1.165, 1.54) is 0 Å². The molecular weight excluding hydrogens is 150 g/mol. The number of carbonyl (C=O) groups excluding carboxylic acids is 1. The summed E-state index contributed by atoms with van der Waals surface area (Å²) in [6, 6.07) is 0. The second-order valence-corrected chi connectivity index (χ2v) is 4.62. The van der Waals surface area contributed by atoms with Crippen molar-refractivity contribution in [2.24, 2.45) is 5.41 Å². The van der Waals surface area contributed by atoms with Crippen molar-refractivity contribution in [1.82, 2.24) is 5.32 Å². The lowest BCUT2D eigenvalue weighted by Crippen LogP contribution is -2.12. The molecule has 0 aromatic carbocycles. The summed E-state index contributed by atoms with van der Waals surface area (Å²) in [5, 5.41) is 3.07. The van der Waals surface area contributed by atoms with Crippen LogP contribution in [0.2, 0.25) is 0 Å². The Morgan fingerprint density at radius 1 is 1.42 bits per heavy atom. The highest BCUT2D eigenvalue weighted by Crippen LogP contribution is 2.27. The summed E-state index contributed by atoms with van der Waals surface area (Å²) in [4.78, 5) is 11.3. The molecule has 0 unspecified atom stereocenters. The summed E-state index contributed by atoms with van der Waals surface area (Å²) in [5.41, 5.74) is 2.26. The third kappa shape index (κ3) is 2.10. The van der Waals surface area contributed by atoms with Crippen LogP contribution in [0.15, 0.2) is 11.3 Å². The van der Waals surface area contributed by atoms with Crippen molar-refractivity contribution in [2.45, 2.75) is 34.1 Å². The Hall–Kier alpha value is -0.790. The quantitative estimate of drug-likeness (QED) is 0.646. The molecule has 0 saturated carbocycles. The summed E-state index contributed by atoms with van der Waals surface area (Å²) >= 11 is 0. The van der Waals surface area contributed by atoms with Gasteiger partial charge in [0.1, 0.15) is 0 Å². The first-order valence-electron chi connectivity index (χ1n) is 4.37. The monoisotopic (exact) mass is 167 g/mol. The minimum Gasteiger partial charge on any atom is -0.381 e. The molecule has 1 aliphatic heterocycles. The Labute approximate surface area is 74.0 Å². The van der Waals surface area contributed by atoms with E-state index in [-0.39, 0.29) is 11.2 Å². The van der Waals surface area contributed by atoms with Crippen LogP contribution in [-0.2, 0) is 4.79 Å². The van der Waals surface area contributed by atoms with E-state index in [2.05, 4.69) is 26.1 Å². The minimum atomic E-state index is 0.207. The molecule has 68 valence electrons. The number of carbonyl (C=O) groups is 1. The largest absolute Gasteiger partial charge is 0.381 e. The van der Waals surface area contributed by atoms with E-state index in [9.17, 15) is 4.79 Å². The number of ketones is 1. The first kappa shape index (κ1) is 9.30. The Balaban J connectivity index is 2.75. The van der Waals surface area contributed by atoms with Gasteiger partial charge in [0, 0.05) is 11.3 Å². The standard InChI is InChI=1S/C10H17NO/c1-7-8(5-10(2,3)4)9(12)6-11-7/h11H,5-6H2,1-4H3. The van der Waals surface area contributed by atoms with Crippen LogP contribution in [-0.4, -0.2) is 12.3 Å². The van der Waals surface area contributed by atoms with Gasteiger partial charge >= 0.3 is 0 Å². The van der Waals surface area contributed by atoms with Crippen molar-refractivity contribution >= 4 is 5.78 Å². The van der Waals surface area contributed by atoms with Gasteiger partial charge in [-0.15, -0.1) is 0 Å². The van der Waals surface area contributed by atoms with Gasteiger partial charge in [-0.05, 0) is 18.8 Å². The van der Waals surface area contributed by atoms with Crippen LogP contribution in [0.25, 0.3) is 0 Å². The number of hydrogen-bond acceptors (Lipinski definition) is 2. The summed E-state index contributed by atoms with van der Waals surface area (Å²) < 4.78 is 0. The third-order valence-electron chi connectivity index (χ3n) is 2.01. The van der Waals surface area contributed by atoms with Gasteiger partial charge < -0.3 is 5.32 Å². The van der Waals surface area contributed by atoms with E-state index in [0.29, 0.717) is 6.54 Å². The van der Waals surface area contributed by atoms with Crippen molar-refractivity contribution in [3.05, 3.63) is 11.3 Å². The smallest absolute Gasteiger partial charge is 0.179 e. The summed E-state index contributed by atoms with van der Waals surface area (Å²) in [6.07, 6.45) is 0.880. The summed E-state index contributed by atoms with van der Waals surface area (Å²) in [5.74, 6) is 0.266. The number of allylic oxidation sites excluding steroid dienone is 1. The van der Waals surface area contributed by atoms with E-state index in [0.717, 1.165) is 17.7 Å². The molecule has 12 heavy (non-hydrogen) atoms. The van der Waals surface area contributed by atoms with Gasteiger partial charge in [0.05, 0.1) is 6.54 Å². The van der Waals surface area contributed by atoms with Crippen LogP contribution in [0.4, 0.5) is 0 Å². The van der Waals surface area contributed by atoms with E-state index >= 15 is 0 Å². The van der Waals surface area contributed by atoms with Gasteiger partial charge in [-0.25, -0.2) is 0 Å². The average molecular weight is 167 g/mol. The Kier molecular flexibility index (Phi) is 2.27. The van der Waals surface area contributed by atoms with Crippen molar-refractivity contribution in [2.75, 3.05) is 6.54 Å². The molecule has 0 spiro atoms. The Morgan fingerprint density at radius 2 is 2.00 bits per heavy atom. The van der Waals surface area contributed by atoms with E-state index < -0.39 is 0 Å². The summed E-state index contributed by atoms with van der Waals surface area (Å²) in [7, 11) is 0. The van der Waals surface area contributed by atoms with Crippen LogP contribution in [0.5, 0.6) is 0 Å². The molecule has 2 heteroatoms.